The Kier molecular flexibility index (Phi) is 2.23. The zero-order valence-electron chi connectivity index (χ0n) is 9.07. The molecule has 2 heterocycles. The molecule has 1 saturated heterocycles. The Morgan fingerprint density at radius 1 is 1.19 bits per heavy atom. The maximum atomic E-state index is 10.5. The molecule has 0 bridgehead atoms. The Morgan fingerprint density at radius 3 is 2.69 bits per heavy atom. The summed E-state index contributed by atoms with van der Waals surface area (Å²) in [5, 5.41) is 14.8. The number of nitrogens with one attached hydrogen (secondary N) is 1. The second-order valence-electron chi connectivity index (χ2n) is 4.43. The molecule has 3 nitrogen and oxygen atoms in total. The van der Waals surface area contributed by atoms with Crippen LogP contribution in [-0.2, 0) is 5.60 Å². The fraction of sp³-hybridized carbons (Fsp3) is 0.385. The molecular weight excluding hydrogens is 202 g/mol. The first kappa shape index (κ1) is 9.87. The van der Waals surface area contributed by atoms with Gasteiger partial charge in [-0.3, -0.25) is 0 Å². The highest BCUT2D eigenvalue weighted by atomic mass is 16.4. The van der Waals surface area contributed by atoms with Crippen LogP contribution in [0.25, 0.3) is 11.0 Å². The summed E-state index contributed by atoms with van der Waals surface area (Å²) in [6, 6.07) is 9.83. The molecule has 0 aliphatic carbocycles. The minimum atomic E-state index is -0.787. The summed E-state index contributed by atoms with van der Waals surface area (Å²) >= 11 is 0. The maximum absolute atomic E-state index is 10.5. The lowest BCUT2D eigenvalue weighted by molar-refractivity contribution is -0.0124. The van der Waals surface area contributed by atoms with E-state index in [1.165, 1.54) is 0 Å². The van der Waals surface area contributed by atoms with Gasteiger partial charge in [-0.25, -0.2) is 0 Å². The van der Waals surface area contributed by atoms with Gasteiger partial charge < -0.3 is 14.8 Å². The van der Waals surface area contributed by atoms with E-state index < -0.39 is 5.60 Å². The molecule has 0 amide bonds. The molecule has 0 saturated carbocycles. The lowest BCUT2D eigenvalue weighted by atomic mass is 9.90. The number of hydrogen-bond acceptors (Lipinski definition) is 3. The summed E-state index contributed by atoms with van der Waals surface area (Å²) in [6.07, 6.45) is 1.43. The summed E-state index contributed by atoms with van der Waals surface area (Å²) in [5.41, 5.74) is 0.0639. The van der Waals surface area contributed by atoms with Gasteiger partial charge in [-0.15, -0.1) is 0 Å². The highest BCUT2D eigenvalue weighted by Crippen LogP contribution is 2.34. The Labute approximate surface area is 94.1 Å². The largest absolute Gasteiger partial charge is 0.458 e. The quantitative estimate of drug-likeness (QED) is 0.768. The van der Waals surface area contributed by atoms with Crippen LogP contribution in [0, 0.1) is 0 Å². The van der Waals surface area contributed by atoms with Crippen LogP contribution >= 0.6 is 0 Å². The van der Waals surface area contributed by atoms with Gasteiger partial charge in [0.1, 0.15) is 16.9 Å². The van der Waals surface area contributed by atoms with E-state index in [4.69, 9.17) is 4.42 Å². The van der Waals surface area contributed by atoms with Crippen LogP contribution in [0.15, 0.2) is 34.7 Å². The van der Waals surface area contributed by atoms with Gasteiger partial charge in [0.25, 0.3) is 0 Å². The van der Waals surface area contributed by atoms with Crippen molar-refractivity contribution in [1.29, 1.82) is 0 Å². The van der Waals surface area contributed by atoms with Crippen LogP contribution in [-0.4, -0.2) is 18.2 Å². The van der Waals surface area contributed by atoms with Crippen molar-refractivity contribution in [2.75, 3.05) is 13.1 Å². The standard InChI is InChI=1S/C13H15NO2/c15-13(5-7-14-8-6-13)12-9-10-3-1-2-4-11(10)16-12/h1-4,9,14-15H,5-8H2. The number of furan rings is 1. The first-order valence-electron chi connectivity index (χ1n) is 5.70. The van der Waals surface area contributed by atoms with Crippen molar-refractivity contribution in [2.45, 2.75) is 18.4 Å². The van der Waals surface area contributed by atoms with Gasteiger partial charge in [0.2, 0.25) is 0 Å². The van der Waals surface area contributed by atoms with Crippen molar-refractivity contribution < 1.29 is 9.52 Å². The third-order valence-electron chi connectivity index (χ3n) is 3.31. The number of rotatable bonds is 1. The number of piperidine rings is 1. The number of aliphatic hydroxyl groups is 1. The molecule has 1 aliphatic rings. The predicted molar refractivity (Wildman–Crippen MR) is 62.2 cm³/mol. The van der Waals surface area contributed by atoms with E-state index in [0.29, 0.717) is 18.6 Å². The molecule has 0 unspecified atom stereocenters. The fourth-order valence-electron chi connectivity index (χ4n) is 2.30. The molecule has 0 spiro atoms. The van der Waals surface area contributed by atoms with Crippen molar-refractivity contribution in [3.8, 4) is 0 Å². The van der Waals surface area contributed by atoms with Crippen molar-refractivity contribution in [3.05, 3.63) is 36.1 Å². The molecule has 2 aromatic rings. The summed E-state index contributed by atoms with van der Waals surface area (Å²) in [6.45, 7) is 1.68. The van der Waals surface area contributed by atoms with Crippen molar-refractivity contribution in [2.24, 2.45) is 0 Å². The molecule has 1 aliphatic heterocycles. The number of hydrogen-bond donors (Lipinski definition) is 2. The molecular formula is C13H15NO2. The van der Waals surface area contributed by atoms with Gasteiger partial charge in [0.05, 0.1) is 0 Å². The molecule has 16 heavy (non-hydrogen) atoms. The zero-order valence-corrected chi connectivity index (χ0v) is 9.07. The van der Waals surface area contributed by atoms with Crippen LogP contribution in [0.1, 0.15) is 18.6 Å². The lowest BCUT2D eigenvalue weighted by Crippen LogP contribution is -2.39. The Morgan fingerprint density at radius 2 is 1.94 bits per heavy atom. The van der Waals surface area contributed by atoms with Crippen molar-refractivity contribution in [1.82, 2.24) is 5.32 Å². The third kappa shape index (κ3) is 1.52. The van der Waals surface area contributed by atoms with Crippen LogP contribution in [0.3, 0.4) is 0 Å². The topological polar surface area (TPSA) is 45.4 Å². The van der Waals surface area contributed by atoms with E-state index in [0.717, 1.165) is 24.1 Å². The first-order chi connectivity index (χ1) is 7.78. The molecule has 2 N–H and O–H groups in total. The maximum Gasteiger partial charge on any atom is 0.136 e. The minimum Gasteiger partial charge on any atom is -0.458 e. The van der Waals surface area contributed by atoms with E-state index in [1.807, 2.05) is 30.3 Å². The van der Waals surface area contributed by atoms with Gasteiger partial charge in [-0.2, -0.15) is 0 Å². The normalized spacial score (nSPS) is 20.1. The second-order valence-corrected chi connectivity index (χ2v) is 4.43. The van der Waals surface area contributed by atoms with E-state index in [-0.39, 0.29) is 0 Å². The number of para-hydroxylation sites is 1. The van der Waals surface area contributed by atoms with E-state index in [2.05, 4.69) is 5.32 Å². The van der Waals surface area contributed by atoms with Gasteiger partial charge in [-0.05, 0) is 38.1 Å². The van der Waals surface area contributed by atoms with E-state index >= 15 is 0 Å². The zero-order chi connectivity index (χ0) is 11.0. The number of benzene rings is 1. The average molecular weight is 217 g/mol. The molecule has 1 fully saturated rings. The van der Waals surface area contributed by atoms with Gasteiger partial charge >= 0.3 is 0 Å². The average Bonchev–Trinajstić information content (AvgIpc) is 2.74. The van der Waals surface area contributed by atoms with Gasteiger partial charge in [0.15, 0.2) is 0 Å². The first-order valence-corrected chi connectivity index (χ1v) is 5.70. The Bertz CT molecular complexity index is 464. The molecule has 1 aromatic carbocycles. The van der Waals surface area contributed by atoms with E-state index in [9.17, 15) is 5.11 Å². The highest BCUT2D eigenvalue weighted by molar-refractivity contribution is 5.77. The summed E-state index contributed by atoms with van der Waals surface area (Å²) in [4.78, 5) is 0. The van der Waals surface area contributed by atoms with Gasteiger partial charge in [-0.1, -0.05) is 18.2 Å². The number of fused-ring (bicyclic) bond motifs is 1. The molecule has 3 rings (SSSR count). The van der Waals surface area contributed by atoms with Crippen LogP contribution < -0.4 is 5.32 Å². The van der Waals surface area contributed by atoms with Crippen molar-refractivity contribution >= 4 is 11.0 Å². The fourth-order valence-corrected chi connectivity index (χ4v) is 2.30. The molecule has 1 aromatic heterocycles. The van der Waals surface area contributed by atoms with Crippen LogP contribution in [0.5, 0.6) is 0 Å². The van der Waals surface area contributed by atoms with Crippen molar-refractivity contribution in [3.63, 3.8) is 0 Å². The third-order valence-corrected chi connectivity index (χ3v) is 3.31. The van der Waals surface area contributed by atoms with Crippen LogP contribution in [0.2, 0.25) is 0 Å². The molecule has 84 valence electrons. The predicted octanol–water partition coefficient (Wildman–Crippen LogP) is 2.00. The molecule has 0 radical (unpaired) electrons. The summed E-state index contributed by atoms with van der Waals surface area (Å²) in [7, 11) is 0. The monoisotopic (exact) mass is 217 g/mol. The van der Waals surface area contributed by atoms with Crippen LogP contribution in [0.4, 0.5) is 0 Å². The smallest absolute Gasteiger partial charge is 0.136 e. The second kappa shape index (κ2) is 3.61. The molecule has 0 atom stereocenters. The SMILES string of the molecule is OC1(c2cc3ccccc3o2)CCNCC1. The minimum absolute atomic E-state index is 0.704. The summed E-state index contributed by atoms with van der Waals surface area (Å²) in [5.74, 6) is 0.704. The lowest BCUT2D eigenvalue weighted by Gasteiger charge is -2.30. The highest BCUT2D eigenvalue weighted by Gasteiger charge is 2.34. The Balaban J connectivity index is 2.04. The Hall–Kier alpha value is -1.32. The van der Waals surface area contributed by atoms with E-state index in [1.54, 1.807) is 0 Å². The molecule has 3 heteroatoms. The van der Waals surface area contributed by atoms with Gasteiger partial charge in [0, 0.05) is 5.39 Å². The summed E-state index contributed by atoms with van der Waals surface area (Å²) < 4.78 is 5.73.